The Morgan fingerprint density at radius 3 is 2.42 bits per heavy atom. The monoisotopic (exact) mass is 450 g/mol. The summed E-state index contributed by atoms with van der Waals surface area (Å²) in [5, 5.41) is 10.1. The maximum Gasteiger partial charge on any atom is 0.573 e. The van der Waals surface area contributed by atoms with Gasteiger partial charge in [0.25, 0.3) is 0 Å². The summed E-state index contributed by atoms with van der Waals surface area (Å²) in [5.74, 6) is -2.28. The minimum absolute atomic E-state index is 0.0233. The molecule has 0 spiro atoms. The maximum atomic E-state index is 12.6. The van der Waals surface area contributed by atoms with E-state index in [1.807, 2.05) is 30.3 Å². The smallest absolute Gasteiger partial charge is 0.404 e. The fraction of sp³-hybridized carbons (Fsp3) is 0.150. The zero-order chi connectivity index (χ0) is 22.4. The first-order valence-corrected chi connectivity index (χ1v) is 9.31. The molecular formula is C20H14ClF3N4O3. The van der Waals surface area contributed by atoms with E-state index in [0.717, 1.165) is 23.8 Å². The molecule has 0 atom stereocenters. The number of carbonyl (C=O) groups is 2. The van der Waals surface area contributed by atoms with Crippen molar-refractivity contribution in [1.82, 2.24) is 15.2 Å². The molecule has 2 aromatic carbocycles. The SMILES string of the molecule is O=C(CCl)Nc1cc(C(=O)Cc2ncc(-c3ccccc3)nn2)ccc1OC(F)(F)F. The van der Waals surface area contributed by atoms with Crippen LogP contribution in [0.15, 0.2) is 54.7 Å². The van der Waals surface area contributed by atoms with Gasteiger partial charge >= 0.3 is 6.36 Å². The quantitative estimate of drug-likeness (QED) is 0.431. The van der Waals surface area contributed by atoms with Gasteiger partial charge in [0, 0.05) is 11.1 Å². The second kappa shape index (κ2) is 9.52. The van der Waals surface area contributed by atoms with Crippen molar-refractivity contribution in [2.45, 2.75) is 12.8 Å². The van der Waals surface area contributed by atoms with Crippen LogP contribution in [0.25, 0.3) is 11.3 Å². The lowest BCUT2D eigenvalue weighted by molar-refractivity contribution is -0.274. The third-order valence-corrected chi connectivity index (χ3v) is 4.16. The van der Waals surface area contributed by atoms with E-state index in [2.05, 4.69) is 25.2 Å². The molecule has 0 saturated carbocycles. The molecule has 0 fully saturated rings. The number of aromatic nitrogens is 3. The molecule has 0 aliphatic carbocycles. The van der Waals surface area contributed by atoms with Crippen LogP contribution in [-0.2, 0) is 11.2 Å². The van der Waals surface area contributed by atoms with Crippen LogP contribution in [0.1, 0.15) is 16.2 Å². The molecule has 3 rings (SSSR count). The zero-order valence-electron chi connectivity index (χ0n) is 15.7. The molecular weight excluding hydrogens is 437 g/mol. The Hall–Kier alpha value is -3.53. The van der Waals surface area contributed by atoms with E-state index in [0.29, 0.717) is 5.69 Å². The summed E-state index contributed by atoms with van der Waals surface area (Å²) in [5.41, 5.74) is 1.01. The van der Waals surface area contributed by atoms with Gasteiger partial charge in [-0.1, -0.05) is 30.3 Å². The highest BCUT2D eigenvalue weighted by atomic mass is 35.5. The summed E-state index contributed by atoms with van der Waals surface area (Å²) < 4.78 is 41.7. The van der Waals surface area contributed by atoms with Gasteiger partial charge in [0.15, 0.2) is 17.4 Å². The highest BCUT2D eigenvalue weighted by molar-refractivity contribution is 6.29. The fourth-order valence-corrected chi connectivity index (χ4v) is 2.63. The Labute approximate surface area is 179 Å². The first-order valence-electron chi connectivity index (χ1n) is 8.78. The van der Waals surface area contributed by atoms with Gasteiger partial charge < -0.3 is 10.1 Å². The first-order chi connectivity index (χ1) is 14.7. The molecule has 1 amide bonds. The van der Waals surface area contributed by atoms with Crippen LogP contribution in [0.4, 0.5) is 18.9 Å². The summed E-state index contributed by atoms with van der Waals surface area (Å²) in [6.07, 6.45) is -3.76. The number of anilines is 1. The van der Waals surface area contributed by atoms with Crippen molar-refractivity contribution >= 4 is 29.0 Å². The van der Waals surface area contributed by atoms with Crippen molar-refractivity contribution in [1.29, 1.82) is 0 Å². The van der Waals surface area contributed by atoms with Crippen molar-refractivity contribution in [3.8, 4) is 17.0 Å². The number of hydrogen-bond donors (Lipinski definition) is 1. The fourth-order valence-electron chi connectivity index (χ4n) is 2.57. The van der Waals surface area contributed by atoms with Gasteiger partial charge in [0.2, 0.25) is 5.91 Å². The van der Waals surface area contributed by atoms with Gasteiger partial charge in [-0.15, -0.1) is 35.0 Å². The lowest BCUT2D eigenvalue weighted by Crippen LogP contribution is -2.20. The van der Waals surface area contributed by atoms with Gasteiger partial charge in [-0.2, -0.15) is 0 Å². The number of ether oxygens (including phenoxy) is 1. The van der Waals surface area contributed by atoms with Crippen molar-refractivity contribution in [3.63, 3.8) is 0 Å². The molecule has 1 heterocycles. The first kappa shape index (κ1) is 22.2. The number of Topliss-reactive ketones (excluding diaryl/α,β-unsaturated/α-hetero) is 1. The summed E-state index contributed by atoms with van der Waals surface area (Å²) in [6.45, 7) is 0. The van der Waals surface area contributed by atoms with E-state index in [1.54, 1.807) is 0 Å². The Bertz CT molecular complexity index is 1080. The molecule has 11 heteroatoms. The van der Waals surface area contributed by atoms with Crippen LogP contribution in [0.5, 0.6) is 5.75 Å². The standard InChI is InChI=1S/C20H14ClF3N4O3/c21-10-19(30)26-14-8-13(6-7-17(14)31-20(22,23)24)16(29)9-18-25-11-15(27-28-18)12-4-2-1-3-5-12/h1-8,11H,9-10H2,(H,26,30). The summed E-state index contributed by atoms with van der Waals surface area (Å²) in [7, 11) is 0. The van der Waals surface area contributed by atoms with Crippen molar-refractivity contribution in [2.75, 3.05) is 11.2 Å². The molecule has 0 aliphatic heterocycles. The molecule has 7 nitrogen and oxygen atoms in total. The van der Waals surface area contributed by atoms with Gasteiger partial charge in [0.1, 0.15) is 11.6 Å². The predicted molar refractivity (Wildman–Crippen MR) is 106 cm³/mol. The molecule has 0 radical (unpaired) electrons. The number of amides is 1. The number of carbonyl (C=O) groups excluding carboxylic acids is 2. The lowest BCUT2D eigenvalue weighted by Gasteiger charge is -2.14. The minimum atomic E-state index is -4.98. The maximum absolute atomic E-state index is 12.6. The van der Waals surface area contributed by atoms with E-state index in [4.69, 9.17) is 11.6 Å². The number of benzene rings is 2. The molecule has 160 valence electrons. The Kier molecular flexibility index (Phi) is 6.81. The number of hydrogen-bond acceptors (Lipinski definition) is 6. The predicted octanol–water partition coefficient (Wildman–Crippen LogP) is 4.04. The molecule has 0 unspecified atom stereocenters. The summed E-state index contributed by atoms with van der Waals surface area (Å²) >= 11 is 5.39. The molecule has 31 heavy (non-hydrogen) atoms. The van der Waals surface area contributed by atoms with Gasteiger partial charge in [-0.05, 0) is 18.2 Å². The number of ketones is 1. The Balaban J connectivity index is 1.79. The van der Waals surface area contributed by atoms with Gasteiger partial charge in [-0.25, -0.2) is 4.98 Å². The number of halogens is 4. The molecule has 1 aromatic heterocycles. The van der Waals surface area contributed by atoms with Crippen LogP contribution in [0.2, 0.25) is 0 Å². The third kappa shape index (κ3) is 6.22. The van der Waals surface area contributed by atoms with Crippen LogP contribution >= 0.6 is 11.6 Å². The molecule has 0 saturated heterocycles. The van der Waals surface area contributed by atoms with E-state index in [1.165, 1.54) is 6.20 Å². The van der Waals surface area contributed by atoms with E-state index in [9.17, 15) is 22.8 Å². The highest BCUT2D eigenvalue weighted by Gasteiger charge is 2.32. The van der Waals surface area contributed by atoms with Crippen LogP contribution < -0.4 is 10.1 Å². The van der Waals surface area contributed by atoms with Crippen molar-refractivity contribution in [3.05, 3.63) is 66.1 Å². The molecule has 3 aromatic rings. The highest BCUT2D eigenvalue weighted by Crippen LogP contribution is 2.31. The number of nitrogens with one attached hydrogen (secondary N) is 1. The lowest BCUT2D eigenvalue weighted by atomic mass is 10.1. The van der Waals surface area contributed by atoms with Gasteiger partial charge in [-0.3, -0.25) is 9.59 Å². The van der Waals surface area contributed by atoms with Crippen LogP contribution in [0, 0.1) is 0 Å². The molecule has 0 aliphatic rings. The van der Waals surface area contributed by atoms with Crippen LogP contribution in [-0.4, -0.2) is 39.1 Å². The number of rotatable bonds is 7. The van der Waals surface area contributed by atoms with E-state index in [-0.39, 0.29) is 23.5 Å². The molecule has 1 N–H and O–H groups in total. The largest absolute Gasteiger partial charge is 0.573 e. The second-order valence-corrected chi connectivity index (χ2v) is 6.43. The number of alkyl halides is 4. The van der Waals surface area contributed by atoms with E-state index < -0.39 is 29.7 Å². The van der Waals surface area contributed by atoms with Crippen LogP contribution in [0.3, 0.4) is 0 Å². The topological polar surface area (TPSA) is 94.1 Å². The van der Waals surface area contributed by atoms with Gasteiger partial charge in [0.05, 0.1) is 18.3 Å². The normalized spacial score (nSPS) is 11.1. The third-order valence-electron chi connectivity index (χ3n) is 3.92. The molecule has 0 bridgehead atoms. The van der Waals surface area contributed by atoms with E-state index >= 15 is 0 Å². The van der Waals surface area contributed by atoms with Crippen molar-refractivity contribution < 1.29 is 27.5 Å². The minimum Gasteiger partial charge on any atom is -0.404 e. The second-order valence-electron chi connectivity index (χ2n) is 6.17. The number of nitrogens with zero attached hydrogens (tertiary/aromatic N) is 3. The van der Waals surface area contributed by atoms with Crippen molar-refractivity contribution in [2.24, 2.45) is 0 Å². The zero-order valence-corrected chi connectivity index (χ0v) is 16.4. The average molecular weight is 451 g/mol. The summed E-state index contributed by atoms with van der Waals surface area (Å²) in [6, 6.07) is 12.3. The Morgan fingerprint density at radius 2 is 1.81 bits per heavy atom. The summed E-state index contributed by atoms with van der Waals surface area (Å²) in [4.78, 5) is 28.2. The average Bonchev–Trinajstić information content (AvgIpc) is 2.75. The Morgan fingerprint density at radius 1 is 1.06 bits per heavy atom.